The van der Waals surface area contributed by atoms with Crippen molar-refractivity contribution in [1.29, 1.82) is 0 Å². The quantitative estimate of drug-likeness (QED) is 0.277. The molecule has 0 aromatic heterocycles. The van der Waals surface area contributed by atoms with Gasteiger partial charge in [-0.2, -0.15) is 0 Å². The summed E-state index contributed by atoms with van der Waals surface area (Å²) in [6.45, 7) is 1.43. The summed E-state index contributed by atoms with van der Waals surface area (Å²) in [6, 6.07) is 13.3. The van der Waals surface area contributed by atoms with E-state index in [1.807, 2.05) is 36.4 Å². The largest absolute Gasteiger partial charge is 0.490 e. The normalized spacial score (nSPS) is 14.0. The number of benzene rings is 2. The fourth-order valence-electron chi connectivity index (χ4n) is 3.37. The number of alkyl carbamates (subject to hydrolysis) is 1. The zero-order chi connectivity index (χ0) is 21.9. The van der Waals surface area contributed by atoms with Crippen LogP contribution in [-0.4, -0.2) is 42.7 Å². The van der Waals surface area contributed by atoms with E-state index < -0.39 is 16.9 Å². The Bertz CT molecular complexity index is 972. The highest BCUT2D eigenvalue weighted by molar-refractivity contribution is 7.85. The first kappa shape index (κ1) is 22.7. The lowest BCUT2D eigenvalue weighted by Crippen LogP contribution is -2.26. The van der Waals surface area contributed by atoms with E-state index in [2.05, 4.69) is 10.3 Å². The second-order valence-corrected chi connectivity index (χ2v) is 8.54. The van der Waals surface area contributed by atoms with Crippen molar-refractivity contribution in [2.75, 3.05) is 26.3 Å². The van der Waals surface area contributed by atoms with Crippen molar-refractivity contribution in [2.45, 2.75) is 41.9 Å². The van der Waals surface area contributed by atoms with Crippen LogP contribution in [0.5, 0.6) is 5.75 Å². The topological polar surface area (TPSA) is 94.1 Å². The highest BCUT2D eigenvalue weighted by Crippen LogP contribution is 2.33. The summed E-state index contributed by atoms with van der Waals surface area (Å²) in [7, 11) is -1.17. The highest BCUT2D eigenvalue weighted by Gasteiger charge is 2.22. The highest BCUT2D eigenvalue weighted by atomic mass is 32.2. The molecule has 1 aliphatic heterocycles. The van der Waals surface area contributed by atoms with Gasteiger partial charge in [0.25, 0.3) is 0 Å². The van der Waals surface area contributed by atoms with Crippen LogP contribution >= 0.6 is 0 Å². The molecule has 1 unspecified atom stereocenters. The van der Waals surface area contributed by atoms with Gasteiger partial charge in [-0.15, -0.1) is 0 Å². The van der Waals surface area contributed by atoms with E-state index in [9.17, 15) is 13.8 Å². The van der Waals surface area contributed by atoms with Crippen LogP contribution in [0.3, 0.4) is 0 Å². The number of aliphatic imine (C=N–C) groups is 1. The Morgan fingerprint density at radius 2 is 1.84 bits per heavy atom. The molecular formula is C23H26N2O5S. The average molecular weight is 443 g/mol. The Labute approximate surface area is 184 Å². The average Bonchev–Trinajstić information content (AvgIpc) is 2.78. The van der Waals surface area contributed by atoms with Crippen molar-refractivity contribution in [1.82, 2.24) is 5.32 Å². The Kier molecular flexibility index (Phi) is 8.82. The molecule has 7 nitrogen and oxygen atoms in total. The fourth-order valence-corrected chi connectivity index (χ4v) is 4.75. The van der Waals surface area contributed by atoms with Crippen LogP contribution < -0.4 is 10.1 Å². The van der Waals surface area contributed by atoms with Gasteiger partial charge >= 0.3 is 6.09 Å². The molecule has 0 aliphatic carbocycles. The van der Waals surface area contributed by atoms with Crippen molar-refractivity contribution in [2.24, 2.45) is 4.99 Å². The molecule has 1 N–H and O–H groups in total. The first-order chi connectivity index (χ1) is 15.2. The van der Waals surface area contributed by atoms with Crippen molar-refractivity contribution >= 4 is 23.0 Å². The van der Waals surface area contributed by atoms with Crippen LogP contribution in [0, 0.1) is 0 Å². The molecule has 0 fully saturated rings. The summed E-state index contributed by atoms with van der Waals surface area (Å²) in [5, 5.41) is 2.70. The SMILES string of the molecule is O=C=NCCCCCCNC(=O)OCCOc1ccc2c(c1)Cc1ccccc1S2=O. The van der Waals surface area contributed by atoms with E-state index in [0.29, 0.717) is 18.8 Å². The predicted octanol–water partition coefficient (Wildman–Crippen LogP) is 3.76. The Morgan fingerprint density at radius 3 is 2.71 bits per heavy atom. The number of isocyanates is 1. The maximum absolute atomic E-state index is 12.7. The molecule has 3 rings (SSSR count). The van der Waals surface area contributed by atoms with E-state index >= 15 is 0 Å². The molecule has 0 saturated heterocycles. The molecule has 0 bridgehead atoms. The number of hydrogen-bond acceptors (Lipinski definition) is 6. The van der Waals surface area contributed by atoms with Crippen molar-refractivity contribution in [3.63, 3.8) is 0 Å². The Hall–Kier alpha value is -2.96. The second kappa shape index (κ2) is 12.0. The molecule has 2 aromatic rings. The van der Waals surface area contributed by atoms with Crippen LogP contribution in [0.1, 0.15) is 36.8 Å². The number of rotatable bonds is 11. The fraction of sp³-hybridized carbons (Fsp3) is 0.391. The zero-order valence-corrected chi connectivity index (χ0v) is 18.1. The van der Waals surface area contributed by atoms with Gasteiger partial charge in [-0.3, -0.25) is 0 Å². The summed E-state index contributed by atoms with van der Waals surface area (Å²) in [5.41, 5.74) is 2.06. The molecule has 164 valence electrons. The Morgan fingerprint density at radius 1 is 1.03 bits per heavy atom. The van der Waals surface area contributed by atoms with Crippen LogP contribution in [0.15, 0.2) is 57.2 Å². The number of fused-ring (bicyclic) bond motifs is 2. The van der Waals surface area contributed by atoms with E-state index in [0.717, 1.165) is 53.0 Å². The number of carbonyl (C=O) groups excluding carboxylic acids is 2. The van der Waals surface area contributed by atoms with Crippen LogP contribution in [-0.2, 0) is 26.8 Å². The standard InChI is InChI=1S/C23H26N2O5S/c26-17-24-11-5-1-2-6-12-25-23(27)30-14-13-29-20-9-10-22-19(16-20)15-18-7-3-4-8-21(18)31(22)28/h3-4,7-10,16H,1-2,5-6,11-15H2,(H,25,27). The predicted molar refractivity (Wildman–Crippen MR) is 117 cm³/mol. The summed E-state index contributed by atoms with van der Waals surface area (Å²) in [4.78, 5) is 26.8. The molecule has 1 amide bonds. The smallest absolute Gasteiger partial charge is 0.407 e. The molecule has 0 spiro atoms. The van der Waals surface area contributed by atoms with Gasteiger partial charge in [-0.25, -0.2) is 18.8 Å². The van der Waals surface area contributed by atoms with Crippen LogP contribution in [0.25, 0.3) is 0 Å². The zero-order valence-electron chi connectivity index (χ0n) is 17.3. The van der Waals surface area contributed by atoms with Gasteiger partial charge in [-0.1, -0.05) is 31.0 Å². The van der Waals surface area contributed by atoms with E-state index in [-0.39, 0.29) is 13.2 Å². The van der Waals surface area contributed by atoms with Crippen LogP contribution in [0.2, 0.25) is 0 Å². The molecular weight excluding hydrogens is 416 g/mol. The number of nitrogens with zero attached hydrogens (tertiary/aromatic N) is 1. The summed E-state index contributed by atoms with van der Waals surface area (Å²) >= 11 is 0. The lowest BCUT2D eigenvalue weighted by Gasteiger charge is -2.19. The van der Waals surface area contributed by atoms with Crippen molar-refractivity contribution in [3.05, 3.63) is 53.6 Å². The first-order valence-corrected chi connectivity index (χ1v) is 11.5. The van der Waals surface area contributed by atoms with Gasteiger partial charge in [0, 0.05) is 16.3 Å². The summed E-state index contributed by atoms with van der Waals surface area (Å²) in [5.74, 6) is 0.665. The van der Waals surface area contributed by atoms with E-state index in [1.54, 1.807) is 6.07 Å². The molecule has 0 saturated carbocycles. The minimum atomic E-state index is -1.17. The third-order valence-electron chi connectivity index (χ3n) is 4.90. The lowest BCUT2D eigenvalue weighted by atomic mass is 10.0. The van der Waals surface area contributed by atoms with Crippen molar-refractivity contribution in [3.8, 4) is 5.75 Å². The molecule has 2 aromatic carbocycles. The number of hydrogen-bond donors (Lipinski definition) is 1. The van der Waals surface area contributed by atoms with Crippen molar-refractivity contribution < 1.29 is 23.3 Å². The lowest BCUT2D eigenvalue weighted by molar-refractivity contribution is 0.125. The molecule has 31 heavy (non-hydrogen) atoms. The van der Waals surface area contributed by atoms with E-state index in [1.165, 1.54) is 6.08 Å². The number of ether oxygens (including phenoxy) is 2. The van der Waals surface area contributed by atoms with Crippen LogP contribution in [0.4, 0.5) is 4.79 Å². The van der Waals surface area contributed by atoms with Gasteiger partial charge in [0.15, 0.2) is 0 Å². The van der Waals surface area contributed by atoms with Gasteiger partial charge in [0.05, 0.1) is 17.3 Å². The maximum atomic E-state index is 12.7. The molecule has 1 heterocycles. The number of nitrogens with one attached hydrogen (secondary N) is 1. The third-order valence-corrected chi connectivity index (χ3v) is 6.50. The van der Waals surface area contributed by atoms with Gasteiger partial charge in [0.1, 0.15) is 19.0 Å². The molecule has 1 aliphatic rings. The number of carbonyl (C=O) groups is 1. The maximum Gasteiger partial charge on any atom is 0.407 e. The summed E-state index contributed by atoms with van der Waals surface area (Å²) < 4.78 is 23.5. The minimum Gasteiger partial charge on any atom is -0.490 e. The monoisotopic (exact) mass is 442 g/mol. The molecule has 8 heteroatoms. The minimum absolute atomic E-state index is 0.140. The third kappa shape index (κ3) is 6.77. The summed E-state index contributed by atoms with van der Waals surface area (Å²) in [6.07, 6.45) is 5.37. The van der Waals surface area contributed by atoms with E-state index in [4.69, 9.17) is 9.47 Å². The second-order valence-electron chi connectivity index (χ2n) is 7.12. The van der Waals surface area contributed by atoms with Gasteiger partial charge < -0.3 is 14.8 Å². The number of amides is 1. The van der Waals surface area contributed by atoms with Gasteiger partial charge in [-0.05, 0) is 54.7 Å². The van der Waals surface area contributed by atoms with Gasteiger partial charge in [0.2, 0.25) is 6.08 Å². The molecule has 1 atom stereocenters. The Balaban J connectivity index is 1.33. The number of unbranched alkanes of at least 4 members (excludes halogenated alkanes) is 3. The first-order valence-electron chi connectivity index (χ1n) is 10.4. The molecule has 0 radical (unpaired) electrons.